The van der Waals surface area contributed by atoms with E-state index in [0.29, 0.717) is 30.5 Å². The summed E-state index contributed by atoms with van der Waals surface area (Å²) in [4.78, 5) is 0. The van der Waals surface area contributed by atoms with Gasteiger partial charge >= 0.3 is 0 Å². The first-order chi connectivity index (χ1) is 14.4. The van der Waals surface area contributed by atoms with Gasteiger partial charge in [-0.3, -0.25) is 0 Å². The van der Waals surface area contributed by atoms with E-state index in [9.17, 15) is 4.39 Å². The molecule has 1 aliphatic heterocycles. The molecule has 1 heterocycles. The monoisotopic (exact) mass is 428 g/mol. The molecule has 0 bridgehead atoms. The van der Waals surface area contributed by atoms with Crippen LogP contribution >= 0.6 is 11.6 Å². The minimum absolute atomic E-state index is 0.0403. The summed E-state index contributed by atoms with van der Waals surface area (Å²) in [5.74, 6) is 2.55. The molecule has 7 heteroatoms. The van der Waals surface area contributed by atoms with Crippen LogP contribution in [-0.2, 0) is 4.74 Å². The summed E-state index contributed by atoms with van der Waals surface area (Å²) in [5.41, 5.74) is 3.64. The fourth-order valence-electron chi connectivity index (χ4n) is 3.30. The third-order valence-corrected chi connectivity index (χ3v) is 5.20. The van der Waals surface area contributed by atoms with Crippen molar-refractivity contribution in [1.29, 1.82) is 0 Å². The van der Waals surface area contributed by atoms with Crippen LogP contribution in [0.1, 0.15) is 19.4 Å². The molecule has 2 aromatic carbocycles. The Labute approximate surface area is 182 Å². The molecule has 158 valence electrons. The molecular weight excluding hydrogens is 403 g/mol. The lowest BCUT2D eigenvalue weighted by Gasteiger charge is -2.43. The third kappa shape index (κ3) is 5.44. The van der Waals surface area contributed by atoms with Crippen LogP contribution in [0.4, 0.5) is 21.5 Å². The Kier molecular flexibility index (Phi) is 7.20. The van der Waals surface area contributed by atoms with E-state index in [4.69, 9.17) is 16.3 Å². The zero-order chi connectivity index (χ0) is 21.6. The van der Waals surface area contributed by atoms with Crippen LogP contribution in [0.2, 0.25) is 5.02 Å². The highest BCUT2D eigenvalue weighted by Gasteiger charge is 2.40. The summed E-state index contributed by atoms with van der Waals surface area (Å²) in [6.07, 6.45) is 1.74. The van der Waals surface area contributed by atoms with Crippen LogP contribution in [0, 0.1) is 30.1 Å². The standard InChI is InChI=1S/C23H26ClFN4O/c1-4-10-29(27-5-2)14-23(15-30-16-23)13-26-21-9-7-19(11-17(21)3)28-22-8-6-18(25)12-20(22)24/h5-9,11-12,26,28H,13-16H2,1-3H3/b27-5-. The highest BCUT2D eigenvalue weighted by atomic mass is 35.5. The molecular formula is C23H26ClFN4O. The molecule has 1 fully saturated rings. The van der Waals surface area contributed by atoms with Gasteiger partial charge in [0.05, 0.1) is 35.9 Å². The van der Waals surface area contributed by atoms with Crippen molar-refractivity contribution in [2.75, 3.05) is 36.9 Å². The van der Waals surface area contributed by atoms with E-state index in [1.165, 1.54) is 12.1 Å². The van der Waals surface area contributed by atoms with E-state index in [1.54, 1.807) is 24.2 Å². The van der Waals surface area contributed by atoms with Crippen LogP contribution in [0.3, 0.4) is 0 Å². The summed E-state index contributed by atoms with van der Waals surface area (Å²) in [5, 5.41) is 13.2. The molecule has 0 spiro atoms. The van der Waals surface area contributed by atoms with Gasteiger partial charge in [-0.15, -0.1) is 0 Å². The Hall–Kier alpha value is -2.75. The van der Waals surface area contributed by atoms with E-state index in [1.807, 2.05) is 32.0 Å². The summed E-state index contributed by atoms with van der Waals surface area (Å²) < 4.78 is 18.7. The van der Waals surface area contributed by atoms with Gasteiger partial charge < -0.3 is 15.4 Å². The number of hydrazone groups is 1. The minimum Gasteiger partial charge on any atom is -0.384 e. The second kappa shape index (κ2) is 9.84. The Morgan fingerprint density at radius 2 is 2.03 bits per heavy atom. The second-order valence-electron chi connectivity index (χ2n) is 7.42. The summed E-state index contributed by atoms with van der Waals surface area (Å²) in [6.45, 7) is 8.52. The average Bonchev–Trinajstić information content (AvgIpc) is 2.67. The van der Waals surface area contributed by atoms with Crippen LogP contribution < -0.4 is 10.6 Å². The molecule has 0 amide bonds. The number of halogens is 2. The third-order valence-electron chi connectivity index (χ3n) is 4.89. The van der Waals surface area contributed by atoms with Gasteiger partial charge in [-0.05, 0) is 62.7 Å². The molecule has 0 saturated carbocycles. The quantitative estimate of drug-likeness (QED) is 0.261. The van der Waals surface area contributed by atoms with Crippen molar-refractivity contribution in [3.8, 4) is 12.0 Å². The number of benzene rings is 2. The van der Waals surface area contributed by atoms with Crippen LogP contribution in [0.25, 0.3) is 0 Å². The fourth-order valence-corrected chi connectivity index (χ4v) is 3.52. The number of hydrogen-bond acceptors (Lipinski definition) is 5. The fraction of sp³-hybridized carbons (Fsp3) is 0.348. The first-order valence-corrected chi connectivity index (χ1v) is 10.2. The number of rotatable bonds is 8. The molecule has 0 radical (unpaired) electrons. The van der Waals surface area contributed by atoms with Gasteiger partial charge in [0, 0.05) is 30.2 Å². The van der Waals surface area contributed by atoms with Crippen molar-refractivity contribution in [1.82, 2.24) is 5.01 Å². The van der Waals surface area contributed by atoms with Gasteiger partial charge in [-0.1, -0.05) is 17.5 Å². The first-order valence-electron chi connectivity index (χ1n) is 9.77. The highest BCUT2D eigenvalue weighted by Crippen LogP contribution is 2.31. The van der Waals surface area contributed by atoms with E-state index in [-0.39, 0.29) is 11.2 Å². The number of ether oxygens (including phenoxy) is 1. The van der Waals surface area contributed by atoms with Crippen molar-refractivity contribution in [2.24, 2.45) is 10.5 Å². The van der Waals surface area contributed by atoms with Gasteiger partial charge in [-0.2, -0.15) is 5.10 Å². The summed E-state index contributed by atoms with van der Waals surface area (Å²) >= 11 is 6.11. The average molecular weight is 429 g/mol. The Bertz CT molecular complexity index is 979. The summed E-state index contributed by atoms with van der Waals surface area (Å²) in [7, 11) is 0. The van der Waals surface area contributed by atoms with Crippen molar-refractivity contribution < 1.29 is 9.13 Å². The topological polar surface area (TPSA) is 48.9 Å². The molecule has 3 rings (SSSR count). The maximum Gasteiger partial charge on any atom is 0.124 e. The molecule has 2 aromatic rings. The molecule has 5 nitrogen and oxygen atoms in total. The van der Waals surface area contributed by atoms with Crippen LogP contribution in [0.5, 0.6) is 0 Å². The number of anilines is 3. The van der Waals surface area contributed by atoms with E-state index in [2.05, 4.69) is 27.7 Å². The normalized spacial score (nSPS) is 14.6. The van der Waals surface area contributed by atoms with E-state index >= 15 is 0 Å². The molecule has 0 unspecified atom stereocenters. The zero-order valence-corrected chi connectivity index (χ0v) is 18.2. The van der Waals surface area contributed by atoms with Crippen LogP contribution in [0.15, 0.2) is 41.5 Å². The molecule has 0 atom stereocenters. The van der Waals surface area contributed by atoms with Gasteiger partial charge in [0.2, 0.25) is 0 Å². The number of nitrogens with one attached hydrogen (secondary N) is 2. The van der Waals surface area contributed by atoms with Crippen molar-refractivity contribution in [3.63, 3.8) is 0 Å². The van der Waals surface area contributed by atoms with E-state index in [0.717, 1.165) is 23.5 Å². The molecule has 0 aliphatic carbocycles. The highest BCUT2D eigenvalue weighted by molar-refractivity contribution is 6.33. The molecule has 1 saturated heterocycles. The maximum absolute atomic E-state index is 13.2. The molecule has 30 heavy (non-hydrogen) atoms. The number of nitrogens with zero attached hydrogens (tertiary/aromatic N) is 2. The summed E-state index contributed by atoms with van der Waals surface area (Å²) in [6, 6.07) is 13.3. The van der Waals surface area contributed by atoms with Gasteiger partial charge in [0.1, 0.15) is 5.82 Å². The van der Waals surface area contributed by atoms with Gasteiger partial charge in [0.25, 0.3) is 0 Å². The van der Waals surface area contributed by atoms with Gasteiger partial charge in [-0.25, -0.2) is 9.40 Å². The lowest BCUT2D eigenvalue weighted by molar-refractivity contribution is -0.112. The Morgan fingerprint density at radius 1 is 1.27 bits per heavy atom. The molecule has 0 aromatic heterocycles. The van der Waals surface area contributed by atoms with E-state index < -0.39 is 0 Å². The Morgan fingerprint density at radius 3 is 2.63 bits per heavy atom. The lowest BCUT2D eigenvalue weighted by atomic mass is 9.85. The largest absolute Gasteiger partial charge is 0.384 e. The van der Waals surface area contributed by atoms with Crippen LogP contribution in [-0.4, -0.2) is 37.5 Å². The first kappa shape index (κ1) is 21.9. The SMILES string of the molecule is CC#CN(CC1(CNc2ccc(Nc3ccc(F)cc3Cl)cc2C)COC1)/N=C\C. The zero-order valence-electron chi connectivity index (χ0n) is 17.4. The molecule has 1 aliphatic rings. The lowest BCUT2D eigenvalue weighted by Crippen LogP contribution is -2.53. The smallest absolute Gasteiger partial charge is 0.124 e. The van der Waals surface area contributed by atoms with Crippen molar-refractivity contribution >= 4 is 34.9 Å². The predicted molar refractivity (Wildman–Crippen MR) is 122 cm³/mol. The number of aryl methyl sites for hydroxylation is 1. The maximum atomic E-state index is 13.2. The molecule has 2 N–H and O–H groups in total. The Balaban J connectivity index is 1.65. The minimum atomic E-state index is -0.358. The second-order valence-corrected chi connectivity index (χ2v) is 7.83. The van der Waals surface area contributed by atoms with Crippen molar-refractivity contribution in [2.45, 2.75) is 20.8 Å². The van der Waals surface area contributed by atoms with Gasteiger partial charge in [0.15, 0.2) is 0 Å². The van der Waals surface area contributed by atoms with Crippen molar-refractivity contribution in [3.05, 3.63) is 52.8 Å². The number of hydrogen-bond donors (Lipinski definition) is 2. The predicted octanol–water partition coefficient (Wildman–Crippen LogP) is 5.25.